The van der Waals surface area contributed by atoms with Crippen molar-refractivity contribution in [2.45, 2.75) is 25.0 Å². The number of nitrogens with one attached hydrogen (secondary N) is 2. The molecule has 0 spiro atoms. The Kier molecular flexibility index (Phi) is 2.87. The van der Waals surface area contributed by atoms with Crippen LogP contribution >= 0.6 is 0 Å². The molecule has 0 saturated heterocycles. The molecule has 1 fully saturated rings. The third-order valence-corrected chi connectivity index (χ3v) is 2.82. The molecule has 0 bridgehead atoms. The third kappa shape index (κ3) is 2.88. The molecule has 0 aromatic carbocycles. The fraction of sp³-hybridized carbons (Fsp3) is 0.833. The Bertz CT molecular complexity index is 179. The molecule has 2 amide bonds. The zero-order valence-electron chi connectivity index (χ0n) is 6.42. The molecule has 11 heavy (non-hydrogen) atoms. The van der Waals surface area contributed by atoms with Crippen LogP contribution in [0.5, 0.6) is 0 Å². The predicted octanol–water partition coefficient (Wildman–Crippen LogP) is 0.132. The van der Waals surface area contributed by atoms with Gasteiger partial charge in [-0.25, -0.2) is 9.00 Å². The van der Waals surface area contributed by atoms with Crippen LogP contribution in [-0.2, 0) is 11.0 Å². The molecule has 1 atom stereocenters. The highest BCUT2D eigenvalue weighted by molar-refractivity contribution is 7.84. The molecule has 2 N–H and O–H groups in total. The molecule has 0 heterocycles. The first-order valence-corrected chi connectivity index (χ1v) is 4.90. The maximum absolute atomic E-state index is 11.0. The van der Waals surface area contributed by atoms with Crippen molar-refractivity contribution in [2.75, 3.05) is 6.54 Å². The summed E-state index contributed by atoms with van der Waals surface area (Å²) in [4.78, 5) is 10.8. The lowest BCUT2D eigenvalue weighted by Gasteiger charge is -2.02. The lowest BCUT2D eigenvalue weighted by Crippen LogP contribution is -2.37. The average molecular weight is 176 g/mol. The summed E-state index contributed by atoms with van der Waals surface area (Å²) in [6, 6.07) is -0.335. The van der Waals surface area contributed by atoms with Gasteiger partial charge in [-0.3, -0.25) is 4.72 Å². The zero-order chi connectivity index (χ0) is 8.27. The molecule has 1 unspecified atom stereocenters. The number of carbonyl (C=O) groups is 1. The number of hydrogen-bond donors (Lipinski definition) is 2. The van der Waals surface area contributed by atoms with Crippen LogP contribution in [0.3, 0.4) is 0 Å². The van der Waals surface area contributed by atoms with Crippen molar-refractivity contribution in [3.63, 3.8) is 0 Å². The van der Waals surface area contributed by atoms with E-state index in [0.717, 1.165) is 12.8 Å². The van der Waals surface area contributed by atoms with E-state index >= 15 is 0 Å². The van der Waals surface area contributed by atoms with Gasteiger partial charge in [0.25, 0.3) is 0 Å². The number of hydrogen-bond acceptors (Lipinski definition) is 2. The Morgan fingerprint density at radius 3 is 2.73 bits per heavy atom. The molecule has 4 nitrogen and oxygen atoms in total. The maximum Gasteiger partial charge on any atom is 0.326 e. The fourth-order valence-electron chi connectivity index (χ4n) is 0.653. The lowest BCUT2D eigenvalue weighted by atomic mass is 10.7. The van der Waals surface area contributed by atoms with E-state index in [1.165, 1.54) is 0 Å². The van der Waals surface area contributed by atoms with Gasteiger partial charge in [0.2, 0.25) is 0 Å². The van der Waals surface area contributed by atoms with Crippen LogP contribution in [0, 0.1) is 0 Å². The fourth-order valence-corrected chi connectivity index (χ4v) is 1.64. The van der Waals surface area contributed by atoms with Gasteiger partial charge in [-0.15, -0.1) is 0 Å². The maximum atomic E-state index is 11.0. The van der Waals surface area contributed by atoms with Gasteiger partial charge in [0.05, 0.1) is 5.25 Å². The van der Waals surface area contributed by atoms with Gasteiger partial charge in [-0.1, -0.05) is 0 Å². The van der Waals surface area contributed by atoms with Gasteiger partial charge >= 0.3 is 6.03 Å². The van der Waals surface area contributed by atoms with Gasteiger partial charge in [0, 0.05) is 6.54 Å². The lowest BCUT2D eigenvalue weighted by molar-refractivity contribution is 0.246. The molecule has 5 heteroatoms. The van der Waals surface area contributed by atoms with Gasteiger partial charge < -0.3 is 5.32 Å². The molecular weight excluding hydrogens is 164 g/mol. The van der Waals surface area contributed by atoms with Crippen LogP contribution in [0.15, 0.2) is 0 Å². The van der Waals surface area contributed by atoms with E-state index in [9.17, 15) is 9.00 Å². The van der Waals surface area contributed by atoms with Crippen molar-refractivity contribution in [1.29, 1.82) is 0 Å². The van der Waals surface area contributed by atoms with Crippen LogP contribution in [-0.4, -0.2) is 22.0 Å². The normalized spacial score (nSPS) is 19.0. The van der Waals surface area contributed by atoms with Crippen molar-refractivity contribution in [3.05, 3.63) is 0 Å². The van der Waals surface area contributed by atoms with Crippen LogP contribution in [0.4, 0.5) is 4.79 Å². The Morgan fingerprint density at radius 2 is 2.27 bits per heavy atom. The second-order valence-electron chi connectivity index (χ2n) is 2.46. The van der Waals surface area contributed by atoms with Crippen molar-refractivity contribution in [3.8, 4) is 0 Å². The minimum Gasteiger partial charge on any atom is -0.338 e. The quantitative estimate of drug-likeness (QED) is 0.642. The molecule has 0 aromatic heterocycles. The molecule has 1 aliphatic carbocycles. The SMILES string of the molecule is CCNC(=O)NS(=O)C1CC1. The highest BCUT2D eigenvalue weighted by Gasteiger charge is 2.29. The molecule has 1 aliphatic rings. The highest BCUT2D eigenvalue weighted by atomic mass is 32.2. The summed E-state index contributed by atoms with van der Waals surface area (Å²) in [5, 5.41) is 2.72. The van der Waals surface area contributed by atoms with Gasteiger partial charge in [-0.2, -0.15) is 0 Å². The van der Waals surface area contributed by atoms with E-state index in [2.05, 4.69) is 10.0 Å². The van der Waals surface area contributed by atoms with Crippen LogP contribution < -0.4 is 10.0 Å². The molecular formula is C6H12N2O2S. The highest BCUT2D eigenvalue weighted by Crippen LogP contribution is 2.24. The summed E-state index contributed by atoms with van der Waals surface area (Å²) in [5.74, 6) is 0. The van der Waals surface area contributed by atoms with Crippen LogP contribution in [0.2, 0.25) is 0 Å². The van der Waals surface area contributed by atoms with Crippen LogP contribution in [0.25, 0.3) is 0 Å². The van der Waals surface area contributed by atoms with Crippen molar-refractivity contribution in [2.24, 2.45) is 0 Å². The van der Waals surface area contributed by atoms with E-state index < -0.39 is 11.0 Å². The van der Waals surface area contributed by atoms with Crippen LogP contribution in [0.1, 0.15) is 19.8 Å². The van der Waals surface area contributed by atoms with E-state index in [-0.39, 0.29) is 11.3 Å². The predicted molar refractivity (Wildman–Crippen MR) is 43.4 cm³/mol. The van der Waals surface area contributed by atoms with E-state index in [4.69, 9.17) is 0 Å². The van der Waals surface area contributed by atoms with Crippen molar-refractivity contribution >= 4 is 17.0 Å². The monoisotopic (exact) mass is 176 g/mol. The third-order valence-electron chi connectivity index (χ3n) is 1.36. The Hall–Kier alpha value is -0.580. The minimum atomic E-state index is -1.15. The number of rotatable bonds is 3. The summed E-state index contributed by atoms with van der Waals surface area (Å²) < 4.78 is 13.4. The number of carbonyl (C=O) groups excluding carboxylic acids is 1. The minimum absolute atomic E-state index is 0.206. The molecule has 0 aromatic rings. The largest absolute Gasteiger partial charge is 0.338 e. The summed E-state index contributed by atoms with van der Waals surface area (Å²) in [6.45, 7) is 2.38. The first kappa shape index (κ1) is 8.52. The smallest absolute Gasteiger partial charge is 0.326 e. The Morgan fingerprint density at radius 1 is 1.64 bits per heavy atom. The number of amides is 2. The van der Waals surface area contributed by atoms with Gasteiger partial charge in [0.1, 0.15) is 11.0 Å². The van der Waals surface area contributed by atoms with E-state index in [0.29, 0.717) is 6.54 Å². The summed E-state index contributed by atoms with van der Waals surface area (Å²) in [6.07, 6.45) is 1.94. The zero-order valence-corrected chi connectivity index (χ0v) is 7.24. The van der Waals surface area contributed by atoms with Gasteiger partial charge in [0.15, 0.2) is 0 Å². The van der Waals surface area contributed by atoms with Gasteiger partial charge in [-0.05, 0) is 19.8 Å². The van der Waals surface area contributed by atoms with Crippen molar-refractivity contribution in [1.82, 2.24) is 10.0 Å². The topological polar surface area (TPSA) is 58.2 Å². The number of urea groups is 1. The van der Waals surface area contributed by atoms with E-state index in [1.54, 1.807) is 0 Å². The second kappa shape index (κ2) is 3.71. The first-order valence-electron chi connectivity index (χ1n) is 3.69. The summed E-state index contributed by atoms with van der Waals surface area (Å²) >= 11 is 0. The molecule has 1 saturated carbocycles. The molecule has 0 aliphatic heterocycles. The van der Waals surface area contributed by atoms with Crippen molar-refractivity contribution < 1.29 is 9.00 Å². The summed E-state index contributed by atoms with van der Waals surface area (Å²) in [7, 11) is -1.15. The standard InChI is InChI=1S/C6H12N2O2S/c1-2-7-6(9)8-11(10)5-3-4-5/h5H,2-4H2,1H3,(H2,7,8,9). The molecule has 64 valence electrons. The Balaban J connectivity index is 2.17. The summed E-state index contributed by atoms with van der Waals surface area (Å²) in [5.41, 5.74) is 0. The average Bonchev–Trinajstić information content (AvgIpc) is 2.67. The van der Waals surface area contributed by atoms with E-state index in [1.807, 2.05) is 6.92 Å². The molecule has 0 radical (unpaired) electrons. The second-order valence-corrected chi connectivity index (χ2v) is 3.92. The Labute approximate surface area is 68.3 Å². The first-order chi connectivity index (χ1) is 5.24. The molecule has 1 rings (SSSR count).